The number of halogens is 1. The molecule has 1 atom stereocenters. The number of allylic oxidation sites excluding steroid dienone is 5. The van der Waals surface area contributed by atoms with Crippen LogP contribution in [0, 0.1) is 5.82 Å². The van der Waals surface area contributed by atoms with Crippen molar-refractivity contribution in [3.63, 3.8) is 0 Å². The van der Waals surface area contributed by atoms with Crippen LogP contribution >= 0.6 is 0 Å². The van der Waals surface area contributed by atoms with Crippen molar-refractivity contribution in [2.45, 2.75) is 52.1 Å². The summed E-state index contributed by atoms with van der Waals surface area (Å²) in [4.78, 5) is 26.7. The van der Waals surface area contributed by atoms with Crippen LogP contribution in [0.2, 0.25) is 0 Å². The first-order chi connectivity index (χ1) is 18.8. The Morgan fingerprint density at radius 2 is 2.00 bits per heavy atom. The van der Waals surface area contributed by atoms with E-state index in [9.17, 15) is 14.7 Å². The van der Waals surface area contributed by atoms with Crippen molar-refractivity contribution in [3.05, 3.63) is 119 Å². The number of rotatable bonds is 8. The summed E-state index contributed by atoms with van der Waals surface area (Å²) in [5, 5.41) is 12.6. The van der Waals surface area contributed by atoms with E-state index in [1.54, 1.807) is 30.3 Å². The van der Waals surface area contributed by atoms with Gasteiger partial charge >= 0.3 is 5.97 Å². The minimum atomic E-state index is -1.05. The molecule has 6 heteroatoms. The SMILES string of the molecule is C=C1/C(=C\C(=C/C)C(=O)N[C@@H](C)C2=CC=CCC2)CCCN1Cc1ccc(-c2ccccc2C(=O)O)cc1F. The van der Waals surface area contributed by atoms with Crippen LogP contribution in [0.25, 0.3) is 11.1 Å². The molecule has 0 saturated carbocycles. The fourth-order valence-electron chi connectivity index (χ4n) is 5.07. The third-order valence-electron chi connectivity index (χ3n) is 7.36. The zero-order valence-corrected chi connectivity index (χ0v) is 22.5. The maximum atomic E-state index is 15.2. The molecule has 1 amide bonds. The van der Waals surface area contributed by atoms with Gasteiger partial charge in [0, 0.05) is 36.0 Å². The number of carboxylic acids is 1. The van der Waals surface area contributed by atoms with E-state index in [1.165, 1.54) is 17.7 Å². The number of hydrogen-bond donors (Lipinski definition) is 2. The van der Waals surface area contributed by atoms with Gasteiger partial charge in [0.05, 0.1) is 5.56 Å². The molecular formula is C33H35FN2O3. The van der Waals surface area contributed by atoms with E-state index in [4.69, 9.17) is 0 Å². The molecule has 2 aliphatic rings. The molecule has 2 N–H and O–H groups in total. The molecule has 2 aromatic carbocycles. The second-order valence-electron chi connectivity index (χ2n) is 9.95. The lowest BCUT2D eigenvalue weighted by atomic mass is 9.96. The number of carbonyl (C=O) groups excluding carboxylic acids is 1. The second kappa shape index (κ2) is 12.6. The van der Waals surface area contributed by atoms with Gasteiger partial charge in [0.15, 0.2) is 0 Å². The van der Waals surface area contributed by atoms with E-state index < -0.39 is 11.8 Å². The van der Waals surface area contributed by atoms with Gasteiger partial charge in [0.25, 0.3) is 5.91 Å². The van der Waals surface area contributed by atoms with Crippen LogP contribution in [0.5, 0.6) is 0 Å². The van der Waals surface area contributed by atoms with Crippen LogP contribution in [0.1, 0.15) is 55.5 Å². The topological polar surface area (TPSA) is 69.6 Å². The lowest BCUT2D eigenvalue weighted by molar-refractivity contribution is -0.117. The summed E-state index contributed by atoms with van der Waals surface area (Å²) in [5.74, 6) is -1.57. The highest BCUT2D eigenvalue weighted by Crippen LogP contribution is 2.30. The Balaban J connectivity index is 1.47. The lowest BCUT2D eigenvalue weighted by Gasteiger charge is -2.33. The van der Waals surface area contributed by atoms with Crippen molar-refractivity contribution >= 4 is 11.9 Å². The van der Waals surface area contributed by atoms with Crippen molar-refractivity contribution in [1.82, 2.24) is 10.2 Å². The number of carboxylic acid groups (broad SMARTS) is 1. The number of hydrogen-bond acceptors (Lipinski definition) is 3. The highest BCUT2D eigenvalue weighted by molar-refractivity contribution is 5.97. The summed E-state index contributed by atoms with van der Waals surface area (Å²) < 4.78 is 15.2. The quantitative estimate of drug-likeness (QED) is 0.365. The molecule has 39 heavy (non-hydrogen) atoms. The van der Waals surface area contributed by atoms with E-state index >= 15 is 4.39 Å². The van der Waals surface area contributed by atoms with Gasteiger partial charge < -0.3 is 15.3 Å². The molecule has 1 aliphatic heterocycles. The second-order valence-corrected chi connectivity index (χ2v) is 9.95. The Hall–Kier alpha value is -4.19. The van der Waals surface area contributed by atoms with Crippen molar-refractivity contribution in [2.75, 3.05) is 6.54 Å². The molecule has 1 heterocycles. The van der Waals surface area contributed by atoms with Crippen LogP contribution in [0.4, 0.5) is 4.39 Å². The number of benzene rings is 2. The van der Waals surface area contributed by atoms with Gasteiger partial charge in [0.2, 0.25) is 0 Å². The molecule has 0 radical (unpaired) electrons. The van der Waals surface area contributed by atoms with Crippen molar-refractivity contribution in [1.29, 1.82) is 0 Å². The Labute approximate surface area is 229 Å². The molecule has 202 valence electrons. The van der Waals surface area contributed by atoms with Crippen LogP contribution in [0.3, 0.4) is 0 Å². The molecule has 1 fully saturated rings. The van der Waals surface area contributed by atoms with Gasteiger partial charge in [-0.2, -0.15) is 0 Å². The van der Waals surface area contributed by atoms with Gasteiger partial charge in [-0.05, 0) is 80.0 Å². The fraction of sp³-hybridized carbons (Fsp3) is 0.273. The third kappa shape index (κ3) is 6.63. The number of aromatic carboxylic acids is 1. The monoisotopic (exact) mass is 526 g/mol. The molecule has 0 spiro atoms. The number of amides is 1. The minimum Gasteiger partial charge on any atom is -0.478 e. The number of likely N-dealkylation sites (tertiary alicyclic amines) is 1. The largest absolute Gasteiger partial charge is 0.478 e. The molecule has 0 unspecified atom stereocenters. The molecule has 5 nitrogen and oxygen atoms in total. The zero-order chi connectivity index (χ0) is 27.9. The third-order valence-corrected chi connectivity index (χ3v) is 7.36. The van der Waals surface area contributed by atoms with Crippen molar-refractivity contribution in [2.24, 2.45) is 0 Å². The maximum absolute atomic E-state index is 15.2. The summed E-state index contributed by atoms with van der Waals surface area (Å²) >= 11 is 0. The molecular weight excluding hydrogens is 491 g/mol. The van der Waals surface area contributed by atoms with Gasteiger partial charge in [-0.1, -0.05) is 61.2 Å². The van der Waals surface area contributed by atoms with Gasteiger partial charge in [0.1, 0.15) is 5.82 Å². The number of nitrogens with one attached hydrogen (secondary N) is 1. The predicted octanol–water partition coefficient (Wildman–Crippen LogP) is 6.95. The Morgan fingerprint density at radius 1 is 1.21 bits per heavy atom. The van der Waals surface area contributed by atoms with E-state index in [-0.39, 0.29) is 17.5 Å². The smallest absolute Gasteiger partial charge is 0.336 e. The summed E-state index contributed by atoms with van der Waals surface area (Å²) in [6.07, 6.45) is 13.5. The molecule has 0 bridgehead atoms. The summed E-state index contributed by atoms with van der Waals surface area (Å²) in [5.41, 5.74) is 5.17. The van der Waals surface area contributed by atoms with E-state index in [0.717, 1.165) is 43.5 Å². The van der Waals surface area contributed by atoms with Crippen LogP contribution in [0.15, 0.2) is 102 Å². The average molecular weight is 527 g/mol. The molecule has 1 aliphatic carbocycles. The minimum absolute atomic E-state index is 0.0460. The highest BCUT2D eigenvalue weighted by atomic mass is 19.1. The Kier molecular flexibility index (Phi) is 8.97. The van der Waals surface area contributed by atoms with Crippen molar-refractivity contribution in [3.8, 4) is 11.1 Å². The average Bonchev–Trinajstić information content (AvgIpc) is 2.94. The van der Waals surface area contributed by atoms with Crippen LogP contribution in [-0.4, -0.2) is 34.5 Å². The van der Waals surface area contributed by atoms with Crippen LogP contribution < -0.4 is 5.32 Å². The molecule has 4 rings (SSSR count). The first-order valence-corrected chi connectivity index (χ1v) is 13.4. The predicted molar refractivity (Wildman–Crippen MR) is 153 cm³/mol. The molecule has 2 aromatic rings. The highest BCUT2D eigenvalue weighted by Gasteiger charge is 2.22. The summed E-state index contributed by atoms with van der Waals surface area (Å²) in [7, 11) is 0. The Bertz CT molecular complexity index is 1400. The normalized spacial score (nSPS) is 17.7. The zero-order valence-electron chi connectivity index (χ0n) is 22.5. The lowest BCUT2D eigenvalue weighted by Crippen LogP contribution is -2.35. The first kappa shape index (κ1) is 27.8. The number of piperidine rings is 1. The van der Waals surface area contributed by atoms with Crippen molar-refractivity contribution < 1.29 is 19.1 Å². The summed E-state index contributed by atoms with van der Waals surface area (Å²) in [6.45, 7) is 9.19. The molecule has 1 saturated heterocycles. The van der Waals surface area contributed by atoms with Gasteiger partial charge in [-0.25, -0.2) is 9.18 Å². The van der Waals surface area contributed by atoms with E-state index in [0.29, 0.717) is 28.8 Å². The maximum Gasteiger partial charge on any atom is 0.336 e. The summed E-state index contributed by atoms with van der Waals surface area (Å²) in [6, 6.07) is 11.4. The van der Waals surface area contributed by atoms with E-state index in [1.807, 2.05) is 37.0 Å². The van der Waals surface area contributed by atoms with Gasteiger partial charge in [-0.3, -0.25) is 4.79 Å². The van der Waals surface area contributed by atoms with Gasteiger partial charge in [-0.15, -0.1) is 0 Å². The standard InChI is InChI=1S/C33H35FN2O3/c1-4-24(32(37)35-22(2)25-11-6-5-7-12-25)19-26-13-10-18-36(23(26)3)21-28-17-16-27(20-31(28)34)29-14-8-9-15-30(29)33(38)39/h4-6,8-9,11,14-17,19-20,22H,3,7,10,12-13,18,21H2,1-2H3,(H,35,37)(H,38,39)/b24-4+,26-19-/t22-/m0/s1. The first-order valence-electron chi connectivity index (χ1n) is 13.4. The number of nitrogens with zero attached hydrogens (tertiary/aromatic N) is 1. The fourth-order valence-corrected chi connectivity index (χ4v) is 5.07. The van der Waals surface area contributed by atoms with E-state index in [2.05, 4.69) is 24.0 Å². The van der Waals surface area contributed by atoms with Crippen LogP contribution in [-0.2, 0) is 11.3 Å². The Morgan fingerprint density at radius 3 is 2.69 bits per heavy atom. The number of carbonyl (C=O) groups is 2. The molecule has 0 aromatic heterocycles.